The van der Waals surface area contributed by atoms with Gasteiger partial charge in [0.2, 0.25) is 0 Å². The summed E-state index contributed by atoms with van der Waals surface area (Å²) >= 11 is 0. The van der Waals surface area contributed by atoms with Crippen LogP contribution in [0.15, 0.2) is 36.5 Å². The summed E-state index contributed by atoms with van der Waals surface area (Å²) in [6.45, 7) is 1.82. The number of nitrogen functional groups attached to an aromatic ring is 1. The van der Waals surface area contributed by atoms with Crippen molar-refractivity contribution >= 4 is 28.1 Å². The minimum absolute atomic E-state index is 0.732. The molecule has 0 radical (unpaired) electrons. The molecule has 3 rings (SSSR count). The van der Waals surface area contributed by atoms with Crippen molar-refractivity contribution in [3.05, 3.63) is 36.5 Å². The lowest BCUT2D eigenvalue weighted by Gasteiger charge is -2.13. The standard InChI is InChI=1S/C15H19N5/c1-19(2)9-7-17-15-14-4-3-8-20(14)13-6-5-11(16)10-12(13)18-15/h3-6,8,10H,7,9,16H2,1-2H3,(H,17,18). The van der Waals surface area contributed by atoms with E-state index in [2.05, 4.69) is 34.8 Å². The molecule has 0 aliphatic carbocycles. The first-order chi connectivity index (χ1) is 9.65. The number of fused-ring (bicyclic) bond motifs is 3. The molecule has 2 heterocycles. The Morgan fingerprint density at radius 3 is 2.90 bits per heavy atom. The third-order valence-electron chi connectivity index (χ3n) is 3.33. The Bertz CT molecular complexity index is 744. The van der Waals surface area contributed by atoms with Gasteiger partial charge in [-0.25, -0.2) is 4.98 Å². The first kappa shape index (κ1) is 12.7. The van der Waals surface area contributed by atoms with E-state index in [4.69, 9.17) is 10.7 Å². The fourth-order valence-corrected chi connectivity index (χ4v) is 2.32. The summed E-state index contributed by atoms with van der Waals surface area (Å²) in [5.41, 5.74) is 9.64. The van der Waals surface area contributed by atoms with Gasteiger partial charge in [-0.2, -0.15) is 0 Å². The molecular weight excluding hydrogens is 250 g/mol. The Hall–Kier alpha value is -2.27. The van der Waals surface area contributed by atoms with Crippen LogP contribution in [0.5, 0.6) is 0 Å². The van der Waals surface area contributed by atoms with E-state index in [1.807, 2.05) is 30.5 Å². The number of aromatic nitrogens is 2. The Kier molecular flexibility index (Phi) is 3.20. The fraction of sp³-hybridized carbons (Fsp3) is 0.267. The molecule has 0 saturated carbocycles. The van der Waals surface area contributed by atoms with Crippen molar-refractivity contribution in [2.75, 3.05) is 38.2 Å². The van der Waals surface area contributed by atoms with Crippen LogP contribution in [-0.4, -0.2) is 41.5 Å². The average Bonchev–Trinajstić information content (AvgIpc) is 2.87. The number of rotatable bonds is 4. The topological polar surface area (TPSA) is 58.6 Å². The van der Waals surface area contributed by atoms with Gasteiger partial charge in [-0.15, -0.1) is 0 Å². The number of likely N-dealkylation sites (N-methyl/N-ethyl adjacent to an activating group) is 1. The second-order valence-corrected chi connectivity index (χ2v) is 5.20. The van der Waals surface area contributed by atoms with E-state index in [0.717, 1.165) is 41.1 Å². The highest BCUT2D eigenvalue weighted by Crippen LogP contribution is 2.23. The van der Waals surface area contributed by atoms with E-state index >= 15 is 0 Å². The Morgan fingerprint density at radius 1 is 1.25 bits per heavy atom. The number of benzene rings is 1. The molecule has 0 unspecified atom stereocenters. The molecule has 1 aromatic carbocycles. The lowest BCUT2D eigenvalue weighted by atomic mass is 10.2. The minimum atomic E-state index is 0.732. The molecule has 0 aliphatic rings. The molecule has 0 atom stereocenters. The van der Waals surface area contributed by atoms with E-state index < -0.39 is 0 Å². The zero-order valence-corrected chi connectivity index (χ0v) is 11.8. The molecule has 3 aromatic rings. The van der Waals surface area contributed by atoms with Crippen molar-refractivity contribution in [2.45, 2.75) is 0 Å². The number of nitrogens with one attached hydrogen (secondary N) is 1. The third-order valence-corrected chi connectivity index (χ3v) is 3.33. The third kappa shape index (κ3) is 2.28. The molecule has 20 heavy (non-hydrogen) atoms. The summed E-state index contributed by atoms with van der Waals surface area (Å²) in [7, 11) is 4.12. The van der Waals surface area contributed by atoms with Crippen LogP contribution in [0.25, 0.3) is 16.6 Å². The Balaban J connectivity index is 2.07. The monoisotopic (exact) mass is 269 g/mol. The largest absolute Gasteiger partial charge is 0.399 e. The van der Waals surface area contributed by atoms with E-state index in [-0.39, 0.29) is 0 Å². The van der Waals surface area contributed by atoms with Gasteiger partial charge in [0.25, 0.3) is 0 Å². The molecule has 2 aromatic heterocycles. The van der Waals surface area contributed by atoms with Crippen LogP contribution in [-0.2, 0) is 0 Å². The summed E-state index contributed by atoms with van der Waals surface area (Å²) in [6, 6.07) is 9.92. The minimum Gasteiger partial charge on any atom is -0.399 e. The number of anilines is 2. The van der Waals surface area contributed by atoms with Gasteiger partial charge in [-0.05, 0) is 44.4 Å². The van der Waals surface area contributed by atoms with Gasteiger partial charge in [0, 0.05) is 25.0 Å². The van der Waals surface area contributed by atoms with E-state index in [0.29, 0.717) is 0 Å². The number of hydrogen-bond donors (Lipinski definition) is 2. The van der Waals surface area contributed by atoms with Gasteiger partial charge >= 0.3 is 0 Å². The van der Waals surface area contributed by atoms with Crippen LogP contribution in [0.1, 0.15) is 0 Å². The maximum Gasteiger partial charge on any atom is 0.151 e. The molecule has 0 aliphatic heterocycles. The average molecular weight is 269 g/mol. The smallest absolute Gasteiger partial charge is 0.151 e. The predicted octanol–water partition coefficient (Wildman–Crippen LogP) is 2.04. The summed E-state index contributed by atoms with van der Waals surface area (Å²) in [4.78, 5) is 6.84. The SMILES string of the molecule is CN(C)CCNc1nc2cc(N)ccc2n2cccc12. The maximum atomic E-state index is 5.86. The highest BCUT2D eigenvalue weighted by Gasteiger charge is 2.07. The zero-order valence-electron chi connectivity index (χ0n) is 11.8. The van der Waals surface area contributed by atoms with Crippen molar-refractivity contribution < 1.29 is 0 Å². The normalized spacial score (nSPS) is 11.6. The van der Waals surface area contributed by atoms with Gasteiger partial charge in [0.1, 0.15) is 0 Å². The highest BCUT2D eigenvalue weighted by atomic mass is 15.1. The number of hydrogen-bond acceptors (Lipinski definition) is 4. The van der Waals surface area contributed by atoms with E-state index in [1.54, 1.807) is 0 Å². The van der Waals surface area contributed by atoms with Crippen LogP contribution < -0.4 is 11.1 Å². The van der Waals surface area contributed by atoms with Gasteiger partial charge < -0.3 is 20.4 Å². The molecular formula is C15H19N5. The number of nitrogens with two attached hydrogens (primary N) is 1. The molecule has 0 amide bonds. The number of nitrogens with zero attached hydrogens (tertiary/aromatic N) is 3. The van der Waals surface area contributed by atoms with Crippen molar-refractivity contribution in [3.8, 4) is 0 Å². The molecule has 5 heteroatoms. The second-order valence-electron chi connectivity index (χ2n) is 5.20. The fourth-order valence-electron chi connectivity index (χ4n) is 2.32. The van der Waals surface area contributed by atoms with E-state index in [9.17, 15) is 0 Å². The summed E-state index contributed by atoms with van der Waals surface area (Å²) in [5.74, 6) is 0.898. The lowest BCUT2D eigenvalue weighted by Crippen LogP contribution is -2.21. The van der Waals surface area contributed by atoms with Crippen LogP contribution in [0, 0.1) is 0 Å². The van der Waals surface area contributed by atoms with Gasteiger partial charge in [-0.3, -0.25) is 0 Å². The molecule has 0 spiro atoms. The van der Waals surface area contributed by atoms with Crippen molar-refractivity contribution in [2.24, 2.45) is 0 Å². The molecule has 0 bridgehead atoms. The summed E-state index contributed by atoms with van der Waals surface area (Å²) in [5, 5.41) is 3.40. The van der Waals surface area contributed by atoms with Crippen LogP contribution in [0.4, 0.5) is 11.5 Å². The quantitative estimate of drug-likeness (QED) is 0.712. The van der Waals surface area contributed by atoms with Gasteiger partial charge in [0.15, 0.2) is 5.82 Å². The van der Waals surface area contributed by atoms with Crippen molar-refractivity contribution in [1.82, 2.24) is 14.3 Å². The maximum absolute atomic E-state index is 5.86. The predicted molar refractivity (Wildman–Crippen MR) is 84.2 cm³/mol. The Morgan fingerprint density at radius 2 is 2.10 bits per heavy atom. The van der Waals surface area contributed by atoms with Crippen molar-refractivity contribution in [1.29, 1.82) is 0 Å². The molecule has 104 valence electrons. The van der Waals surface area contributed by atoms with Crippen LogP contribution >= 0.6 is 0 Å². The zero-order chi connectivity index (χ0) is 14.1. The lowest BCUT2D eigenvalue weighted by molar-refractivity contribution is 0.425. The van der Waals surface area contributed by atoms with E-state index in [1.165, 1.54) is 0 Å². The van der Waals surface area contributed by atoms with Gasteiger partial charge in [0.05, 0.1) is 16.6 Å². The van der Waals surface area contributed by atoms with Gasteiger partial charge in [-0.1, -0.05) is 0 Å². The molecule has 0 saturated heterocycles. The van der Waals surface area contributed by atoms with Crippen molar-refractivity contribution in [3.63, 3.8) is 0 Å². The molecule has 3 N–H and O–H groups in total. The molecule has 0 fully saturated rings. The first-order valence-corrected chi connectivity index (χ1v) is 6.70. The highest BCUT2D eigenvalue weighted by molar-refractivity contribution is 5.86. The van der Waals surface area contributed by atoms with Crippen LogP contribution in [0.2, 0.25) is 0 Å². The first-order valence-electron chi connectivity index (χ1n) is 6.70. The molecule has 5 nitrogen and oxygen atoms in total. The summed E-state index contributed by atoms with van der Waals surface area (Å²) < 4.78 is 2.14. The summed E-state index contributed by atoms with van der Waals surface area (Å²) in [6.07, 6.45) is 2.05. The Labute approximate surface area is 118 Å². The van der Waals surface area contributed by atoms with Crippen LogP contribution in [0.3, 0.4) is 0 Å². The second kappa shape index (κ2) is 5.02.